The molecule has 0 radical (unpaired) electrons. The predicted octanol–water partition coefficient (Wildman–Crippen LogP) is 4.75. The zero-order valence-corrected chi connectivity index (χ0v) is 18.3. The van der Waals surface area contributed by atoms with Crippen molar-refractivity contribution in [1.82, 2.24) is 4.90 Å². The Bertz CT molecular complexity index is 1190. The fourth-order valence-corrected chi connectivity index (χ4v) is 3.72. The van der Waals surface area contributed by atoms with Gasteiger partial charge in [-0.2, -0.15) is 0 Å². The zero-order valence-electron chi connectivity index (χ0n) is 17.6. The van der Waals surface area contributed by atoms with Gasteiger partial charge in [0.05, 0.1) is 26.3 Å². The SMILES string of the molecule is COc1cc(NC2=C(c3ccccc3)C(=O)N(Cc3ccccc3Cl)C2=O)cc(OC)c1. The van der Waals surface area contributed by atoms with E-state index in [0.29, 0.717) is 38.9 Å². The molecular formula is C25H21ClN2O4. The molecule has 1 aliphatic heterocycles. The molecule has 3 aromatic carbocycles. The number of anilines is 1. The molecule has 2 amide bonds. The number of hydrogen-bond acceptors (Lipinski definition) is 5. The summed E-state index contributed by atoms with van der Waals surface area (Å²) in [4.78, 5) is 28.0. The minimum Gasteiger partial charge on any atom is -0.497 e. The summed E-state index contributed by atoms with van der Waals surface area (Å²) in [7, 11) is 3.09. The predicted molar refractivity (Wildman–Crippen MR) is 124 cm³/mol. The summed E-state index contributed by atoms with van der Waals surface area (Å²) in [6.45, 7) is 0.0697. The molecule has 0 aromatic heterocycles. The second-order valence-electron chi connectivity index (χ2n) is 7.13. The van der Waals surface area contributed by atoms with Gasteiger partial charge in [-0.1, -0.05) is 60.1 Å². The molecule has 1 aliphatic rings. The standard InChI is InChI=1S/C25H21ClN2O4/c1-31-19-12-18(13-20(14-19)32-2)27-23-22(16-8-4-3-5-9-16)24(29)28(25(23)30)15-17-10-6-7-11-21(17)26/h3-14,27H,15H2,1-2H3. The van der Waals surface area contributed by atoms with Crippen LogP contribution in [-0.2, 0) is 16.1 Å². The van der Waals surface area contributed by atoms with Crippen molar-refractivity contribution >= 4 is 34.7 Å². The lowest BCUT2D eigenvalue weighted by molar-refractivity contribution is -0.137. The van der Waals surface area contributed by atoms with Gasteiger partial charge in [-0.15, -0.1) is 0 Å². The second-order valence-corrected chi connectivity index (χ2v) is 7.54. The highest BCUT2D eigenvalue weighted by molar-refractivity contribution is 6.36. The number of nitrogens with zero attached hydrogens (tertiary/aromatic N) is 1. The quantitative estimate of drug-likeness (QED) is 0.528. The maximum atomic E-state index is 13.4. The van der Waals surface area contributed by atoms with Crippen LogP contribution in [0.2, 0.25) is 5.02 Å². The molecule has 0 atom stereocenters. The van der Waals surface area contributed by atoms with Crippen molar-refractivity contribution in [2.45, 2.75) is 6.54 Å². The second kappa shape index (κ2) is 9.16. The smallest absolute Gasteiger partial charge is 0.278 e. The van der Waals surface area contributed by atoms with Crippen LogP contribution in [0.15, 0.2) is 78.5 Å². The van der Waals surface area contributed by atoms with Crippen LogP contribution in [0.3, 0.4) is 0 Å². The third-order valence-electron chi connectivity index (χ3n) is 5.14. The minimum absolute atomic E-state index is 0.0697. The summed E-state index contributed by atoms with van der Waals surface area (Å²) in [5.74, 6) is 0.283. The summed E-state index contributed by atoms with van der Waals surface area (Å²) >= 11 is 6.28. The van der Waals surface area contributed by atoms with E-state index in [1.807, 2.05) is 24.3 Å². The number of benzene rings is 3. The van der Waals surface area contributed by atoms with Crippen molar-refractivity contribution in [3.05, 3.63) is 94.6 Å². The average molecular weight is 449 g/mol. The van der Waals surface area contributed by atoms with Gasteiger partial charge in [0.2, 0.25) is 0 Å². The maximum absolute atomic E-state index is 13.4. The third-order valence-corrected chi connectivity index (χ3v) is 5.51. The normalized spacial score (nSPS) is 13.5. The molecule has 32 heavy (non-hydrogen) atoms. The van der Waals surface area contributed by atoms with Crippen molar-refractivity contribution in [3.8, 4) is 11.5 Å². The van der Waals surface area contributed by atoms with Crippen molar-refractivity contribution in [1.29, 1.82) is 0 Å². The van der Waals surface area contributed by atoms with Gasteiger partial charge in [0, 0.05) is 28.9 Å². The Morgan fingerprint density at radius 3 is 2.09 bits per heavy atom. The van der Waals surface area contributed by atoms with E-state index in [-0.39, 0.29) is 12.2 Å². The van der Waals surface area contributed by atoms with Gasteiger partial charge in [0.1, 0.15) is 17.2 Å². The molecule has 0 fully saturated rings. The van der Waals surface area contributed by atoms with Crippen molar-refractivity contribution in [2.24, 2.45) is 0 Å². The van der Waals surface area contributed by atoms with Gasteiger partial charge < -0.3 is 14.8 Å². The number of methoxy groups -OCH3 is 2. The number of hydrogen-bond donors (Lipinski definition) is 1. The van der Waals surface area contributed by atoms with Crippen LogP contribution in [0.5, 0.6) is 11.5 Å². The first kappa shape index (κ1) is 21.5. The number of halogens is 1. The summed E-state index contributed by atoms with van der Waals surface area (Å²) < 4.78 is 10.6. The molecule has 0 saturated heterocycles. The van der Waals surface area contributed by atoms with E-state index in [1.165, 1.54) is 4.90 Å². The van der Waals surface area contributed by atoms with Gasteiger partial charge in [-0.3, -0.25) is 14.5 Å². The highest BCUT2D eigenvalue weighted by Crippen LogP contribution is 2.34. The molecule has 0 aliphatic carbocycles. The number of amides is 2. The molecule has 3 aromatic rings. The number of carbonyl (C=O) groups excluding carboxylic acids is 2. The van der Waals surface area contributed by atoms with Crippen molar-refractivity contribution < 1.29 is 19.1 Å². The fraction of sp³-hybridized carbons (Fsp3) is 0.120. The van der Waals surface area contributed by atoms with Gasteiger partial charge in [0.25, 0.3) is 11.8 Å². The van der Waals surface area contributed by atoms with Crippen LogP contribution < -0.4 is 14.8 Å². The Hall–Kier alpha value is -3.77. The lowest BCUT2D eigenvalue weighted by Gasteiger charge is -2.16. The first-order chi connectivity index (χ1) is 15.5. The molecule has 4 rings (SSSR count). The molecule has 0 unspecified atom stereocenters. The van der Waals surface area contributed by atoms with Gasteiger partial charge in [0.15, 0.2) is 0 Å². The van der Waals surface area contributed by atoms with Crippen LogP contribution in [-0.4, -0.2) is 30.9 Å². The van der Waals surface area contributed by atoms with E-state index in [1.54, 1.807) is 62.8 Å². The van der Waals surface area contributed by atoms with Gasteiger partial charge in [-0.05, 0) is 17.2 Å². The van der Waals surface area contributed by atoms with Crippen LogP contribution in [0, 0.1) is 0 Å². The molecule has 162 valence electrons. The monoisotopic (exact) mass is 448 g/mol. The van der Waals surface area contributed by atoms with E-state index >= 15 is 0 Å². The minimum atomic E-state index is -0.435. The van der Waals surface area contributed by atoms with E-state index in [0.717, 1.165) is 0 Å². The lowest BCUT2D eigenvalue weighted by Crippen LogP contribution is -2.32. The summed E-state index contributed by atoms with van der Waals surface area (Å²) in [6.07, 6.45) is 0. The van der Waals surface area contributed by atoms with Crippen LogP contribution >= 0.6 is 11.6 Å². The van der Waals surface area contributed by atoms with Crippen molar-refractivity contribution in [2.75, 3.05) is 19.5 Å². The van der Waals surface area contributed by atoms with Crippen LogP contribution in [0.4, 0.5) is 5.69 Å². The molecule has 7 heteroatoms. The molecule has 1 heterocycles. The Morgan fingerprint density at radius 1 is 0.844 bits per heavy atom. The Kier molecular flexibility index (Phi) is 6.14. The van der Waals surface area contributed by atoms with E-state index in [9.17, 15) is 9.59 Å². The van der Waals surface area contributed by atoms with E-state index in [4.69, 9.17) is 21.1 Å². The molecule has 1 N–H and O–H groups in total. The molecular weight excluding hydrogens is 428 g/mol. The number of nitrogens with one attached hydrogen (secondary N) is 1. The number of ether oxygens (including phenoxy) is 2. The fourth-order valence-electron chi connectivity index (χ4n) is 3.53. The summed E-state index contributed by atoms with van der Waals surface area (Å²) in [6, 6.07) is 21.4. The molecule has 0 saturated carbocycles. The lowest BCUT2D eigenvalue weighted by atomic mass is 10.0. The first-order valence-corrected chi connectivity index (χ1v) is 10.3. The molecule has 6 nitrogen and oxygen atoms in total. The number of carbonyl (C=O) groups is 2. The topological polar surface area (TPSA) is 67.9 Å². The highest BCUT2D eigenvalue weighted by atomic mass is 35.5. The molecule has 0 spiro atoms. The van der Waals surface area contributed by atoms with Crippen LogP contribution in [0.25, 0.3) is 5.57 Å². The largest absolute Gasteiger partial charge is 0.497 e. The van der Waals surface area contributed by atoms with E-state index in [2.05, 4.69) is 5.32 Å². The third kappa shape index (κ3) is 4.18. The average Bonchev–Trinajstić information content (AvgIpc) is 3.04. The van der Waals surface area contributed by atoms with E-state index < -0.39 is 11.8 Å². The summed E-state index contributed by atoms with van der Waals surface area (Å²) in [5.41, 5.74) is 2.37. The number of imide groups is 1. The van der Waals surface area contributed by atoms with Gasteiger partial charge in [-0.25, -0.2) is 0 Å². The number of rotatable bonds is 7. The molecule has 0 bridgehead atoms. The maximum Gasteiger partial charge on any atom is 0.278 e. The Balaban J connectivity index is 1.76. The first-order valence-electron chi connectivity index (χ1n) is 9.91. The zero-order chi connectivity index (χ0) is 22.7. The van der Waals surface area contributed by atoms with Crippen LogP contribution in [0.1, 0.15) is 11.1 Å². The Morgan fingerprint density at radius 2 is 1.47 bits per heavy atom. The highest BCUT2D eigenvalue weighted by Gasteiger charge is 2.39. The van der Waals surface area contributed by atoms with Gasteiger partial charge >= 0.3 is 0 Å². The van der Waals surface area contributed by atoms with Crippen molar-refractivity contribution in [3.63, 3.8) is 0 Å². The Labute approximate surface area is 191 Å². The summed E-state index contributed by atoms with van der Waals surface area (Å²) in [5, 5.41) is 3.62.